The van der Waals surface area contributed by atoms with Gasteiger partial charge in [-0.2, -0.15) is 0 Å². The van der Waals surface area contributed by atoms with Crippen LogP contribution in [0.4, 0.5) is 30.4 Å². The summed E-state index contributed by atoms with van der Waals surface area (Å²) < 4.78 is 65.6. The largest absolute Gasteiger partial charge is 0.493 e. The van der Waals surface area contributed by atoms with Crippen LogP contribution in [0, 0.1) is 17.5 Å². The van der Waals surface area contributed by atoms with Crippen LogP contribution >= 0.6 is 0 Å². The third-order valence-electron chi connectivity index (χ3n) is 10.8. The number of anilines is 3. The van der Waals surface area contributed by atoms with Crippen molar-refractivity contribution in [2.45, 2.75) is 34.1 Å². The first kappa shape index (κ1) is 50.7. The van der Waals surface area contributed by atoms with Gasteiger partial charge in [0, 0.05) is 83.3 Å². The molecule has 0 amide bonds. The highest BCUT2D eigenvalue weighted by molar-refractivity contribution is 6.11. The van der Waals surface area contributed by atoms with Gasteiger partial charge in [0.25, 0.3) is 0 Å². The molecule has 2 aliphatic rings. The summed E-state index contributed by atoms with van der Waals surface area (Å²) in [7, 11) is 1.56. The maximum Gasteiger partial charge on any atom is 0.230 e. The van der Waals surface area contributed by atoms with Crippen LogP contribution in [0.1, 0.15) is 45.2 Å². The minimum absolute atomic E-state index is 0.0293. The maximum atomic E-state index is 15.5. The van der Waals surface area contributed by atoms with Gasteiger partial charge in [0.15, 0.2) is 28.5 Å². The zero-order valence-corrected chi connectivity index (χ0v) is 39.4. The van der Waals surface area contributed by atoms with Crippen molar-refractivity contribution in [3.63, 3.8) is 0 Å². The molecule has 0 radical (unpaired) electrons. The molecule has 9 rings (SSSR count). The number of morpholine rings is 1. The summed E-state index contributed by atoms with van der Waals surface area (Å²) in [5.74, 6) is 0.293. The lowest BCUT2D eigenvalue weighted by atomic mass is 9.91. The second-order valence-corrected chi connectivity index (χ2v) is 15.0. The minimum Gasteiger partial charge on any atom is -0.493 e. The Morgan fingerprint density at radius 2 is 1.55 bits per heavy atom. The van der Waals surface area contributed by atoms with Gasteiger partial charge in [-0.05, 0) is 71.7 Å². The lowest BCUT2D eigenvalue weighted by Crippen LogP contribution is -2.39. The van der Waals surface area contributed by atoms with E-state index < -0.39 is 5.82 Å². The van der Waals surface area contributed by atoms with Crippen molar-refractivity contribution in [1.82, 2.24) is 24.8 Å². The van der Waals surface area contributed by atoms with Crippen LogP contribution in [0.25, 0.3) is 46.3 Å². The van der Waals surface area contributed by atoms with Gasteiger partial charge in [0.05, 0.1) is 43.5 Å². The van der Waals surface area contributed by atoms with Gasteiger partial charge in [-0.15, -0.1) is 0 Å². The number of nitrogens with one attached hydrogen (secondary N) is 3. The number of aromatic amines is 1. The van der Waals surface area contributed by atoms with Gasteiger partial charge in [0.1, 0.15) is 23.8 Å². The third-order valence-corrected chi connectivity index (χ3v) is 10.8. The number of ether oxygens (including phenoxy) is 4. The van der Waals surface area contributed by atoms with Gasteiger partial charge in [-0.25, -0.2) is 28.1 Å². The highest BCUT2D eigenvalue weighted by Crippen LogP contribution is 2.42. The first-order valence-electron chi connectivity index (χ1n) is 22.6. The van der Waals surface area contributed by atoms with Gasteiger partial charge in [-0.3, -0.25) is 9.69 Å². The molecule has 12 nitrogen and oxygen atoms in total. The van der Waals surface area contributed by atoms with Crippen LogP contribution < -0.4 is 40.8 Å². The molecule has 0 unspecified atom stereocenters. The SMILES string of the molecule is C=C1C(c2cccc(F)c2)=CNc2ccnc(Nc3ccc(Oc4ncnc5cc(OCCCN6CCOCC6)c(OC)cc45)c(F)c3)c21.C=c1[nH]cc(-c2cccc(F)c2)c(=O)c1=C.CC.CC. The van der Waals surface area contributed by atoms with Gasteiger partial charge in [-0.1, -0.05) is 71.7 Å². The lowest BCUT2D eigenvalue weighted by Gasteiger charge is -2.26. The molecule has 3 N–H and O–H groups in total. The summed E-state index contributed by atoms with van der Waals surface area (Å²) in [6, 6.07) is 22.0. The number of rotatable bonds is 12. The van der Waals surface area contributed by atoms with Crippen LogP contribution in [-0.4, -0.2) is 71.4 Å². The fourth-order valence-electron chi connectivity index (χ4n) is 7.34. The second kappa shape index (κ2) is 24.3. The number of hydrogen-bond acceptors (Lipinski definition) is 11. The minimum atomic E-state index is -0.619. The van der Waals surface area contributed by atoms with E-state index in [0.29, 0.717) is 84.5 Å². The van der Waals surface area contributed by atoms with Crippen LogP contribution in [0.3, 0.4) is 0 Å². The van der Waals surface area contributed by atoms with Gasteiger partial charge < -0.3 is 34.6 Å². The Balaban J connectivity index is 0.000000328. The maximum absolute atomic E-state index is 15.5. The number of pyridine rings is 2. The number of methoxy groups -OCH3 is 1. The summed E-state index contributed by atoms with van der Waals surface area (Å²) in [5.41, 5.74) is 5.18. The third kappa shape index (κ3) is 12.4. The molecule has 358 valence electrons. The van der Waals surface area contributed by atoms with Crippen molar-refractivity contribution >= 4 is 52.4 Å². The molecule has 0 bridgehead atoms. The quantitative estimate of drug-likeness (QED) is 0.101. The number of fused-ring (bicyclic) bond motifs is 2. The predicted molar refractivity (Wildman–Crippen MR) is 270 cm³/mol. The van der Waals surface area contributed by atoms with E-state index in [4.69, 9.17) is 18.9 Å². The molecule has 0 atom stereocenters. The van der Waals surface area contributed by atoms with E-state index in [2.05, 4.69) is 55.2 Å². The van der Waals surface area contributed by atoms with E-state index in [-0.39, 0.29) is 28.7 Å². The topological polar surface area (TPSA) is 136 Å². The Labute approximate surface area is 399 Å². The molecule has 5 heterocycles. The Morgan fingerprint density at radius 1 is 0.826 bits per heavy atom. The van der Waals surface area contributed by atoms with Crippen LogP contribution in [-0.2, 0) is 4.74 Å². The molecule has 15 heteroatoms. The van der Waals surface area contributed by atoms with Crippen molar-refractivity contribution in [1.29, 1.82) is 0 Å². The van der Waals surface area contributed by atoms with Crippen molar-refractivity contribution in [3.05, 3.63) is 166 Å². The normalized spacial score (nSPS) is 12.9. The zero-order chi connectivity index (χ0) is 49.5. The molecule has 0 saturated carbocycles. The highest BCUT2D eigenvalue weighted by Gasteiger charge is 2.22. The molecule has 3 aromatic heterocycles. The van der Waals surface area contributed by atoms with Gasteiger partial charge >= 0.3 is 0 Å². The predicted octanol–water partition coefficient (Wildman–Crippen LogP) is 10.5. The summed E-state index contributed by atoms with van der Waals surface area (Å²) in [6.07, 6.45) is 7.15. The fourth-order valence-corrected chi connectivity index (χ4v) is 7.34. The van der Waals surface area contributed by atoms with Crippen LogP contribution in [0.2, 0.25) is 0 Å². The molecule has 7 aromatic rings. The Morgan fingerprint density at radius 3 is 2.26 bits per heavy atom. The van der Waals surface area contributed by atoms with E-state index in [9.17, 15) is 13.6 Å². The van der Waals surface area contributed by atoms with Crippen molar-refractivity contribution in [2.24, 2.45) is 0 Å². The molecule has 1 saturated heterocycles. The zero-order valence-electron chi connectivity index (χ0n) is 39.4. The molecular formula is C54H56F3N7O5. The van der Waals surface area contributed by atoms with Crippen molar-refractivity contribution in [2.75, 3.05) is 57.2 Å². The van der Waals surface area contributed by atoms with E-state index in [1.807, 2.05) is 39.8 Å². The fraction of sp³-hybridized carbons (Fsp3) is 0.222. The highest BCUT2D eigenvalue weighted by atomic mass is 19.1. The Kier molecular flexibility index (Phi) is 17.9. The van der Waals surface area contributed by atoms with E-state index in [0.717, 1.165) is 45.0 Å². The monoisotopic (exact) mass is 939 g/mol. The summed E-state index contributed by atoms with van der Waals surface area (Å²) >= 11 is 0. The number of H-pyrrole nitrogens is 1. The number of allylic oxidation sites excluding steroid dienone is 2. The molecule has 4 aromatic carbocycles. The van der Waals surface area contributed by atoms with E-state index in [1.54, 1.807) is 55.9 Å². The Bertz CT molecular complexity index is 3100. The average Bonchev–Trinajstić information content (AvgIpc) is 3.37. The first-order chi connectivity index (χ1) is 33.6. The lowest BCUT2D eigenvalue weighted by molar-refractivity contribution is 0.0357. The molecule has 1 fully saturated rings. The number of nitrogens with zero attached hydrogens (tertiary/aromatic N) is 4. The van der Waals surface area contributed by atoms with Gasteiger partial charge in [0.2, 0.25) is 5.88 Å². The standard InChI is InChI=1S/C37H34F2N6O4.C13H10FNO.2C2H6/c1-23-28(24-5-3-6-25(38)17-24)21-41-30-9-10-40-36(35(23)30)44-26-7-8-32(29(39)18-26)49-37-27-19-33(46-2)34(20-31(27)42-22-43-37)48-14-4-11-45-12-15-47-16-13-45;1-8-9(2)15-7-12(13(8)16)10-4-3-5-11(14)6-10;2*1-2/h3,5-10,17-22,41H,1,4,11-16H2,2H3,(H,40,44);3-7,15H,1-2H2;2*1-2H3. The second-order valence-electron chi connectivity index (χ2n) is 15.0. The number of aromatic nitrogens is 4. The Hall–Kier alpha value is -7.75. The van der Waals surface area contributed by atoms with Crippen molar-refractivity contribution < 1.29 is 32.1 Å². The smallest absolute Gasteiger partial charge is 0.230 e. The molecule has 0 aliphatic carbocycles. The first-order valence-corrected chi connectivity index (χ1v) is 22.6. The summed E-state index contributed by atoms with van der Waals surface area (Å²) in [6.45, 7) is 24.3. The van der Waals surface area contributed by atoms with E-state index in [1.165, 1.54) is 48.9 Å². The number of halogens is 3. The number of benzene rings is 4. The molecular weight excluding hydrogens is 884 g/mol. The van der Waals surface area contributed by atoms with E-state index >= 15 is 4.39 Å². The molecule has 69 heavy (non-hydrogen) atoms. The molecule has 0 spiro atoms. The van der Waals surface area contributed by atoms with Crippen LogP contribution in [0.5, 0.6) is 23.1 Å². The molecule has 2 aliphatic heterocycles. The number of hydrogen-bond donors (Lipinski definition) is 3. The average molecular weight is 940 g/mol. The van der Waals surface area contributed by atoms with Crippen molar-refractivity contribution in [3.8, 4) is 34.3 Å². The van der Waals surface area contributed by atoms with Crippen LogP contribution in [0.15, 0.2) is 121 Å². The summed E-state index contributed by atoms with van der Waals surface area (Å²) in [5, 5.41) is 7.75. The summed E-state index contributed by atoms with van der Waals surface area (Å²) in [4.78, 5) is 30.2.